The van der Waals surface area contributed by atoms with Crippen molar-refractivity contribution in [3.63, 3.8) is 0 Å². The van der Waals surface area contributed by atoms with E-state index in [0.29, 0.717) is 39.9 Å². The molecule has 1 aliphatic rings. The third kappa shape index (κ3) is 5.01. The van der Waals surface area contributed by atoms with Gasteiger partial charge in [-0.2, -0.15) is 0 Å². The number of hydrogen-bond donors (Lipinski definition) is 1. The maximum absolute atomic E-state index is 12.7. The van der Waals surface area contributed by atoms with E-state index < -0.39 is 0 Å². The van der Waals surface area contributed by atoms with E-state index >= 15 is 0 Å². The summed E-state index contributed by atoms with van der Waals surface area (Å²) in [6.45, 7) is 2.77. The molecule has 7 heteroatoms. The Balaban J connectivity index is 1.34. The molecular formula is C24H21Cl2N3O2. The van der Waals surface area contributed by atoms with Crippen molar-refractivity contribution in [1.29, 1.82) is 0 Å². The third-order valence-electron chi connectivity index (χ3n) is 5.27. The Morgan fingerprint density at radius 2 is 1.42 bits per heavy atom. The fourth-order valence-electron chi connectivity index (χ4n) is 3.54. The molecule has 0 atom stereocenters. The van der Waals surface area contributed by atoms with E-state index in [9.17, 15) is 9.59 Å². The van der Waals surface area contributed by atoms with Gasteiger partial charge in [-0.15, -0.1) is 0 Å². The Kier molecular flexibility index (Phi) is 6.44. The topological polar surface area (TPSA) is 52.7 Å². The third-order valence-corrected chi connectivity index (χ3v) is 5.85. The maximum atomic E-state index is 12.7. The van der Waals surface area contributed by atoms with E-state index in [0.717, 1.165) is 18.8 Å². The summed E-state index contributed by atoms with van der Waals surface area (Å²) in [6.07, 6.45) is 0. The summed E-state index contributed by atoms with van der Waals surface area (Å²) in [7, 11) is 0. The molecule has 1 N–H and O–H groups in total. The van der Waals surface area contributed by atoms with Crippen molar-refractivity contribution in [2.24, 2.45) is 0 Å². The number of carbonyl (C=O) groups excluding carboxylic acids is 2. The second-order valence-electron chi connectivity index (χ2n) is 7.27. The molecular weight excluding hydrogens is 433 g/mol. The molecule has 0 aliphatic carbocycles. The first-order valence-electron chi connectivity index (χ1n) is 9.97. The molecule has 158 valence electrons. The average molecular weight is 454 g/mol. The summed E-state index contributed by atoms with van der Waals surface area (Å²) in [5.41, 5.74) is 2.84. The van der Waals surface area contributed by atoms with Crippen LogP contribution in [0, 0.1) is 0 Å². The maximum Gasteiger partial charge on any atom is 0.257 e. The summed E-state index contributed by atoms with van der Waals surface area (Å²) in [4.78, 5) is 29.2. The molecule has 2 amide bonds. The second-order valence-corrected chi connectivity index (χ2v) is 8.11. The van der Waals surface area contributed by atoms with Gasteiger partial charge in [-0.25, -0.2) is 0 Å². The van der Waals surface area contributed by atoms with Gasteiger partial charge in [0.15, 0.2) is 0 Å². The van der Waals surface area contributed by atoms with E-state index in [1.807, 2.05) is 29.2 Å². The number of hydrogen-bond acceptors (Lipinski definition) is 3. The standard InChI is InChI=1S/C24H21Cl2N3O2/c25-18-7-5-17(6-8-18)24(31)29-15-13-28(14-16-29)20-11-9-19(10-12-20)27-23(30)21-3-1-2-4-22(21)26/h1-12H,13-16H2,(H,27,30). The van der Waals surface area contributed by atoms with E-state index in [-0.39, 0.29) is 11.8 Å². The zero-order chi connectivity index (χ0) is 21.8. The molecule has 0 radical (unpaired) electrons. The van der Waals surface area contributed by atoms with E-state index in [4.69, 9.17) is 23.2 Å². The Morgan fingerprint density at radius 3 is 2.06 bits per heavy atom. The van der Waals surface area contributed by atoms with Gasteiger partial charge in [0, 0.05) is 48.1 Å². The first kappa shape index (κ1) is 21.2. The normalized spacial score (nSPS) is 13.7. The fraction of sp³-hybridized carbons (Fsp3) is 0.167. The van der Waals surface area contributed by atoms with Gasteiger partial charge in [0.05, 0.1) is 10.6 Å². The number of nitrogens with one attached hydrogen (secondary N) is 1. The SMILES string of the molecule is O=C(Nc1ccc(N2CCN(C(=O)c3ccc(Cl)cc3)CC2)cc1)c1ccccc1Cl. The second kappa shape index (κ2) is 9.41. The van der Waals surface area contributed by atoms with Crippen LogP contribution in [0.2, 0.25) is 10.0 Å². The van der Waals surface area contributed by atoms with Crippen LogP contribution in [-0.4, -0.2) is 42.9 Å². The lowest BCUT2D eigenvalue weighted by Crippen LogP contribution is -2.48. The van der Waals surface area contributed by atoms with Crippen LogP contribution in [0.15, 0.2) is 72.8 Å². The Bertz CT molecular complexity index is 1080. The number of rotatable bonds is 4. The smallest absolute Gasteiger partial charge is 0.257 e. The Morgan fingerprint density at radius 1 is 0.774 bits per heavy atom. The summed E-state index contributed by atoms with van der Waals surface area (Å²) < 4.78 is 0. The summed E-state index contributed by atoms with van der Waals surface area (Å²) in [6, 6.07) is 21.6. The van der Waals surface area contributed by atoms with E-state index in [1.165, 1.54) is 0 Å². The van der Waals surface area contributed by atoms with Crippen LogP contribution in [0.4, 0.5) is 11.4 Å². The molecule has 3 aromatic rings. The van der Waals surface area contributed by atoms with Crippen LogP contribution in [0.3, 0.4) is 0 Å². The molecule has 0 unspecified atom stereocenters. The van der Waals surface area contributed by atoms with Gasteiger partial charge >= 0.3 is 0 Å². The minimum atomic E-state index is -0.243. The lowest BCUT2D eigenvalue weighted by atomic mass is 10.1. The molecule has 1 fully saturated rings. The molecule has 0 bridgehead atoms. The van der Waals surface area contributed by atoms with E-state index in [2.05, 4.69) is 10.2 Å². The summed E-state index contributed by atoms with van der Waals surface area (Å²) >= 11 is 12.0. The number of anilines is 2. The van der Waals surface area contributed by atoms with Crippen LogP contribution in [0.1, 0.15) is 20.7 Å². The Labute approximate surface area is 191 Å². The first-order valence-corrected chi connectivity index (χ1v) is 10.7. The quantitative estimate of drug-likeness (QED) is 0.589. The molecule has 1 heterocycles. The van der Waals surface area contributed by atoms with Gasteiger partial charge in [0.2, 0.25) is 0 Å². The Hall–Kier alpha value is -3.02. The van der Waals surface area contributed by atoms with Crippen molar-refractivity contribution < 1.29 is 9.59 Å². The van der Waals surface area contributed by atoms with Gasteiger partial charge < -0.3 is 15.1 Å². The first-order chi connectivity index (χ1) is 15.0. The molecule has 31 heavy (non-hydrogen) atoms. The van der Waals surface area contributed by atoms with Crippen molar-refractivity contribution >= 4 is 46.4 Å². The van der Waals surface area contributed by atoms with Crippen LogP contribution in [0.5, 0.6) is 0 Å². The fourth-order valence-corrected chi connectivity index (χ4v) is 3.89. The lowest BCUT2D eigenvalue weighted by Gasteiger charge is -2.36. The van der Waals surface area contributed by atoms with Gasteiger partial charge in [-0.1, -0.05) is 35.3 Å². The number of benzene rings is 3. The molecule has 0 aromatic heterocycles. The number of amides is 2. The zero-order valence-electron chi connectivity index (χ0n) is 16.7. The van der Waals surface area contributed by atoms with Gasteiger partial charge in [-0.05, 0) is 60.7 Å². The lowest BCUT2D eigenvalue weighted by molar-refractivity contribution is 0.0746. The molecule has 0 saturated carbocycles. The molecule has 1 saturated heterocycles. The molecule has 3 aromatic carbocycles. The number of piperazine rings is 1. The summed E-state index contributed by atoms with van der Waals surface area (Å²) in [5.74, 6) is -0.221. The highest BCUT2D eigenvalue weighted by molar-refractivity contribution is 6.34. The largest absolute Gasteiger partial charge is 0.368 e. The highest BCUT2D eigenvalue weighted by atomic mass is 35.5. The highest BCUT2D eigenvalue weighted by Crippen LogP contribution is 2.22. The highest BCUT2D eigenvalue weighted by Gasteiger charge is 2.22. The van der Waals surface area contributed by atoms with Gasteiger partial charge in [0.1, 0.15) is 0 Å². The summed E-state index contributed by atoms with van der Waals surface area (Å²) in [5, 5.41) is 3.91. The molecule has 5 nitrogen and oxygen atoms in total. The minimum absolute atomic E-state index is 0.0222. The van der Waals surface area contributed by atoms with Crippen LogP contribution < -0.4 is 10.2 Å². The minimum Gasteiger partial charge on any atom is -0.368 e. The molecule has 4 rings (SSSR count). The number of halogens is 2. The zero-order valence-corrected chi connectivity index (χ0v) is 18.2. The van der Waals surface area contributed by atoms with Gasteiger partial charge in [0.25, 0.3) is 11.8 Å². The van der Waals surface area contributed by atoms with Gasteiger partial charge in [-0.3, -0.25) is 9.59 Å². The molecule has 1 aliphatic heterocycles. The predicted octanol–water partition coefficient (Wildman–Crippen LogP) is 5.21. The van der Waals surface area contributed by atoms with Crippen molar-refractivity contribution in [3.8, 4) is 0 Å². The number of nitrogens with zero attached hydrogens (tertiary/aromatic N) is 2. The monoisotopic (exact) mass is 453 g/mol. The van der Waals surface area contributed by atoms with Crippen molar-refractivity contribution in [2.75, 3.05) is 36.4 Å². The predicted molar refractivity (Wildman–Crippen MR) is 125 cm³/mol. The van der Waals surface area contributed by atoms with E-state index in [1.54, 1.807) is 48.5 Å². The van der Waals surface area contributed by atoms with Crippen LogP contribution >= 0.6 is 23.2 Å². The van der Waals surface area contributed by atoms with Crippen LogP contribution in [0.25, 0.3) is 0 Å². The number of carbonyl (C=O) groups is 2. The van der Waals surface area contributed by atoms with Crippen LogP contribution in [-0.2, 0) is 0 Å². The van der Waals surface area contributed by atoms with Crippen molar-refractivity contribution in [1.82, 2.24) is 4.90 Å². The van der Waals surface area contributed by atoms with Crippen molar-refractivity contribution in [3.05, 3.63) is 94.0 Å². The average Bonchev–Trinajstić information content (AvgIpc) is 2.80. The van der Waals surface area contributed by atoms with Crippen molar-refractivity contribution in [2.45, 2.75) is 0 Å². The molecule has 0 spiro atoms.